The molecular formula is C14H21NO2. The third kappa shape index (κ3) is 2.99. The van der Waals surface area contributed by atoms with Gasteiger partial charge in [-0.3, -0.25) is 0 Å². The van der Waals surface area contributed by atoms with Crippen molar-refractivity contribution in [2.24, 2.45) is 17.1 Å². The fourth-order valence-corrected chi connectivity index (χ4v) is 2.33. The van der Waals surface area contributed by atoms with E-state index in [0.29, 0.717) is 19.1 Å². The summed E-state index contributed by atoms with van der Waals surface area (Å²) in [6.45, 7) is 1.34. The van der Waals surface area contributed by atoms with Crippen molar-refractivity contribution in [3.63, 3.8) is 0 Å². The number of aliphatic hydroxyl groups is 1. The summed E-state index contributed by atoms with van der Waals surface area (Å²) in [5.74, 6) is 1.48. The summed E-state index contributed by atoms with van der Waals surface area (Å²) in [5, 5.41) is 9.55. The van der Waals surface area contributed by atoms with Crippen LogP contribution in [0.4, 0.5) is 0 Å². The summed E-state index contributed by atoms with van der Waals surface area (Å²) < 4.78 is 5.68. The fourth-order valence-electron chi connectivity index (χ4n) is 2.33. The van der Waals surface area contributed by atoms with E-state index in [1.165, 1.54) is 12.8 Å². The molecule has 0 saturated heterocycles. The topological polar surface area (TPSA) is 55.5 Å². The SMILES string of the molecule is NCC(CO)(CCOc1ccccc1)C1CC1. The third-order valence-corrected chi connectivity index (χ3v) is 3.78. The van der Waals surface area contributed by atoms with Crippen LogP contribution in [0.5, 0.6) is 5.75 Å². The highest BCUT2D eigenvalue weighted by Crippen LogP contribution is 2.46. The van der Waals surface area contributed by atoms with Crippen LogP contribution in [0, 0.1) is 11.3 Å². The van der Waals surface area contributed by atoms with Gasteiger partial charge in [0.15, 0.2) is 0 Å². The standard InChI is InChI=1S/C14H21NO2/c15-10-14(11-16,12-6-7-12)8-9-17-13-4-2-1-3-5-13/h1-5,12,16H,6-11,15H2. The van der Waals surface area contributed by atoms with Crippen LogP contribution in [-0.4, -0.2) is 24.9 Å². The summed E-state index contributed by atoms with van der Waals surface area (Å²) in [6, 6.07) is 9.77. The van der Waals surface area contributed by atoms with Gasteiger partial charge in [-0.25, -0.2) is 0 Å². The third-order valence-electron chi connectivity index (χ3n) is 3.78. The monoisotopic (exact) mass is 235 g/mol. The van der Waals surface area contributed by atoms with Crippen LogP contribution in [0.25, 0.3) is 0 Å². The zero-order valence-electron chi connectivity index (χ0n) is 10.1. The van der Waals surface area contributed by atoms with Crippen molar-refractivity contribution in [2.45, 2.75) is 19.3 Å². The zero-order chi connectivity index (χ0) is 12.1. The van der Waals surface area contributed by atoms with E-state index in [1.807, 2.05) is 30.3 Å². The molecule has 1 aromatic rings. The molecular weight excluding hydrogens is 214 g/mol. The molecule has 94 valence electrons. The largest absolute Gasteiger partial charge is 0.494 e. The molecule has 0 heterocycles. The molecule has 17 heavy (non-hydrogen) atoms. The van der Waals surface area contributed by atoms with Gasteiger partial charge < -0.3 is 15.6 Å². The number of nitrogens with two attached hydrogens (primary N) is 1. The van der Waals surface area contributed by atoms with Gasteiger partial charge in [-0.15, -0.1) is 0 Å². The number of aliphatic hydroxyl groups excluding tert-OH is 1. The Kier molecular flexibility index (Phi) is 4.02. The molecule has 2 rings (SSSR count). The molecule has 1 fully saturated rings. The fraction of sp³-hybridized carbons (Fsp3) is 0.571. The summed E-state index contributed by atoms with van der Waals surface area (Å²) in [5.41, 5.74) is 5.71. The number of ether oxygens (including phenoxy) is 1. The quantitative estimate of drug-likeness (QED) is 0.757. The van der Waals surface area contributed by atoms with E-state index < -0.39 is 0 Å². The summed E-state index contributed by atoms with van der Waals surface area (Å²) in [6.07, 6.45) is 3.23. The van der Waals surface area contributed by atoms with Crippen LogP contribution in [0.1, 0.15) is 19.3 Å². The van der Waals surface area contributed by atoms with Gasteiger partial charge in [0.1, 0.15) is 5.75 Å². The highest BCUT2D eigenvalue weighted by Gasteiger charge is 2.43. The van der Waals surface area contributed by atoms with Crippen LogP contribution in [0.15, 0.2) is 30.3 Å². The zero-order valence-corrected chi connectivity index (χ0v) is 10.1. The van der Waals surface area contributed by atoms with Gasteiger partial charge in [-0.05, 0) is 37.3 Å². The van der Waals surface area contributed by atoms with E-state index in [0.717, 1.165) is 12.2 Å². The lowest BCUT2D eigenvalue weighted by Crippen LogP contribution is -2.38. The second-order valence-electron chi connectivity index (χ2n) is 4.91. The molecule has 0 bridgehead atoms. The maximum Gasteiger partial charge on any atom is 0.119 e. The van der Waals surface area contributed by atoms with Gasteiger partial charge in [0.2, 0.25) is 0 Å². The normalized spacial score (nSPS) is 18.7. The van der Waals surface area contributed by atoms with Gasteiger partial charge in [0.25, 0.3) is 0 Å². The van der Waals surface area contributed by atoms with E-state index >= 15 is 0 Å². The molecule has 1 saturated carbocycles. The Morgan fingerprint density at radius 1 is 1.29 bits per heavy atom. The first-order valence-corrected chi connectivity index (χ1v) is 6.29. The Balaban J connectivity index is 1.84. The predicted octanol–water partition coefficient (Wildman–Crippen LogP) is 1.80. The summed E-state index contributed by atoms with van der Waals surface area (Å²) >= 11 is 0. The summed E-state index contributed by atoms with van der Waals surface area (Å²) in [7, 11) is 0. The lowest BCUT2D eigenvalue weighted by Gasteiger charge is -2.30. The second-order valence-corrected chi connectivity index (χ2v) is 4.91. The molecule has 3 nitrogen and oxygen atoms in total. The maximum absolute atomic E-state index is 9.55. The van der Waals surface area contributed by atoms with E-state index in [9.17, 15) is 5.11 Å². The number of para-hydroxylation sites is 1. The Morgan fingerprint density at radius 2 is 2.00 bits per heavy atom. The smallest absolute Gasteiger partial charge is 0.119 e. The number of benzene rings is 1. The lowest BCUT2D eigenvalue weighted by molar-refractivity contribution is 0.0816. The molecule has 1 aliphatic carbocycles. The van der Waals surface area contributed by atoms with Gasteiger partial charge in [0, 0.05) is 12.0 Å². The van der Waals surface area contributed by atoms with Gasteiger partial charge in [-0.2, -0.15) is 0 Å². The second kappa shape index (κ2) is 5.52. The maximum atomic E-state index is 9.55. The predicted molar refractivity (Wildman–Crippen MR) is 67.9 cm³/mol. The number of rotatable bonds is 7. The Bertz CT molecular complexity index is 331. The Hall–Kier alpha value is -1.06. The first-order valence-electron chi connectivity index (χ1n) is 6.29. The molecule has 0 amide bonds. The van der Waals surface area contributed by atoms with E-state index in [-0.39, 0.29) is 12.0 Å². The first-order chi connectivity index (χ1) is 8.30. The van der Waals surface area contributed by atoms with Crippen LogP contribution in [0.2, 0.25) is 0 Å². The molecule has 1 unspecified atom stereocenters. The van der Waals surface area contributed by atoms with Crippen molar-refractivity contribution in [2.75, 3.05) is 19.8 Å². The van der Waals surface area contributed by atoms with Gasteiger partial charge in [-0.1, -0.05) is 18.2 Å². The molecule has 1 atom stereocenters. The lowest BCUT2D eigenvalue weighted by atomic mass is 9.80. The highest BCUT2D eigenvalue weighted by molar-refractivity contribution is 5.20. The first kappa shape index (κ1) is 12.4. The molecule has 1 aliphatic rings. The average Bonchev–Trinajstić information content (AvgIpc) is 3.21. The average molecular weight is 235 g/mol. The molecule has 0 aromatic heterocycles. The van der Waals surface area contributed by atoms with Crippen molar-refractivity contribution in [3.8, 4) is 5.75 Å². The van der Waals surface area contributed by atoms with Crippen molar-refractivity contribution < 1.29 is 9.84 Å². The Morgan fingerprint density at radius 3 is 2.53 bits per heavy atom. The van der Waals surface area contributed by atoms with Crippen molar-refractivity contribution in [1.29, 1.82) is 0 Å². The van der Waals surface area contributed by atoms with Crippen molar-refractivity contribution >= 4 is 0 Å². The van der Waals surface area contributed by atoms with Crippen LogP contribution >= 0.6 is 0 Å². The summed E-state index contributed by atoms with van der Waals surface area (Å²) in [4.78, 5) is 0. The van der Waals surface area contributed by atoms with Gasteiger partial charge in [0.05, 0.1) is 13.2 Å². The van der Waals surface area contributed by atoms with E-state index in [1.54, 1.807) is 0 Å². The van der Waals surface area contributed by atoms with Crippen molar-refractivity contribution in [1.82, 2.24) is 0 Å². The Labute approximate surface area is 103 Å². The minimum atomic E-state index is -0.116. The molecule has 0 radical (unpaired) electrons. The minimum Gasteiger partial charge on any atom is -0.494 e. The van der Waals surface area contributed by atoms with Crippen LogP contribution in [0.3, 0.4) is 0 Å². The molecule has 0 spiro atoms. The van der Waals surface area contributed by atoms with Gasteiger partial charge >= 0.3 is 0 Å². The minimum absolute atomic E-state index is 0.116. The van der Waals surface area contributed by atoms with E-state index in [4.69, 9.17) is 10.5 Å². The molecule has 3 heteroatoms. The molecule has 0 aliphatic heterocycles. The van der Waals surface area contributed by atoms with E-state index in [2.05, 4.69) is 0 Å². The number of hydrogen-bond acceptors (Lipinski definition) is 3. The molecule has 3 N–H and O–H groups in total. The van der Waals surface area contributed by atoms with Crippen LogP contribution in [-0.2, 0) is 0 Å². The number of hydrogen-bond donors (Lipinski definition) is 2. The highest BCUT2D eigenvalue weighted by atomic mass is 16.5. The van der Waals surface area contributed by atoms with Crippen molar-refractivity contribution in [3.05, 3.63) is 30.3 Å². The van der Waals surface area contributed by atoms with Crippen LogP contribution < -0.4 is 10.5 Å². The molecule has 1 aromatic carbocycles.